The summed E-state index contributed by atoms with van der Waals surface area (Å²) in [4.78, 5) is 14.4. The molecule has 0 saturated carbocycles. The number of nitrogens with zero attached hydrogens (tertiary/aromatic N) is 2. The van der Waals surface area contributed by atoms with E-state index in [-0.39, 0.29) is 11.7 Å². The summed E-state index contributed by atoms with van der Waals surface area (Å²) in [6.07, 6.45) is 3.45. The Hall–Kier alpha value is -2.92. The van der Waals surface area contributed by atoms with Gasteiger partial charge in [0.2, 0.25) is 0 Å². The molecule has 1 heterocycles. The Kier molecular flexibility index (Phi) is 4.72. The Labute approximate surface area is 144 Å². The topological polar surface area (TPSA) is 68.1 Å². The molecule has 120 valence electrons. The van der Waals surface area contributed by atoms with Crippen LogP contribution in [0.25, 0.3) is 0 Å². The van der Waals surface area contributed by atoms with E-state index in [1.165, 1.54) is 12.1 Å². The second-order valence-corrected chi connectivity index (χ2v) is 5.60. The van der Waals surface area contributed by atoms with Gasteiger partial charge < -0.3 is 5.32 Å². The van der Waals surface area contributed by atoms with Crippen LogP contribution in [0.2, 0.25) is 5.02 Å². The monoisotopic (exact) mass is 339 g/mol. The van der Waals surface area contributed by atoms with Gasteiger partial charge in [0.1, 0.15) is 0 Å². The van der Waals surface area contributed by atoms with Crippen LogP contribution in [0, 0.1) is 10.1 Å². The van der Waals surface area contributed by atoms with Crippen molar-refractivity contribution in [2.24, 2.45) is 0 Å². The van der Waals surface area contributed by atoms with E-state index in [1.54, 1.807) is 18.5 Å². The molecule has 0 spiro atoms. The van der Waals surface area contributed by atoms with Gasteiger partial charge in [-0.15, -0.1) is 0 Å². The summed E-state index contributed by atoms with van der Waals surface area (Å²) in [5.74, 6) is 0. The smallest absolute Gasteiger partial charge is 0.271 e. The minimum Gasteiger partial charge on any atom is -0.373 e. The number of aromatic nitrogens is 1. The lowest BCUT2D eigenvalue weighted by molar-refractivity contribution is -0.384. The average Bonchev–Trinajstić information content (AvgIpc) is 2.62. The number of benzene rings is 2. The normalized spacial score (nSPS) is 11.7. The van der Waals surface area contributed by atoms with Gasteiger partial charge in [0.25, 0.3) is 5.69 Å². The number of nitro benzene ring substituents is 1. The summed E-state index contributed by atoms with van der Waals surface area (Å²) < 4.78 is 0. The SMILES string of the molecule is O=[N+]([O-])c1ccc(N[C@@H](c2ccccc2)c2ccncc2)c(Cl)c1. The number of non-ortho nitro benzene ring substituents is 1. The highest BCUT2D eigenvalue weighted by Gasteiger charge is 2.16. The third kappa shape index (κ3) is 3.52. The van der Waals surface area contributed by atoms with Crippen LogP contribution in [-0.2, 0) is 0 Å². The lowest BCUT2D eigenvalue weighted by Gasteiger charge is -2.21. The quantitative estimate of drug-likeness (QED) is 0.533. The number of hydrogen-bond acceptors (Lipinski definition) is 4. The summed E-state index contributed by atoms with van der Waals surface area (Å²) in [6, 6.07) is 18.0. The van der Waals surface area contributed by atoms with Gasteiger partial charge in [-0.05, 0) is 29.3 Å². The van der Waals surface area contributed by atoms with Crippen molar-refractivity contribution >= 4 is 23.0 Å². The molecule has 5 nitrogen and oxygen atoms in total. The summed E-state index contributed by atoms with van der Waals surface area (Å²) in [5.41, 5.74) is 2.67. The van der Waals surface area contributed by atoms with E-state index in [4.69, 9.17) is 11.6 Å². The van der Waals surface area contributed by atoms with Crippen LogP contribution in [0.1, 0.15) is 17.2 Å². The van der Waals surface area contributed by atoms with Crippen molar-refractivity contribution in [2.75, 3.05) is 5.32 Å². The van der Waals surface area contributed by atoms with Gasteiger partial charge in [-0.1, -0.05) is 41.9 Å². The fourth-order valence-corrected chi connectivity index (χ4v) is 2.68. The van der Waals surface area contributed by atoms with Gasteiger partial charge in [0.15, 0.2) is 0 Å². The first-order valence-corrected chi connectivity index (χ1v) is 7.68. The Morgan fingerprint density at radius 3 is 2.29 bits per heavy atom. The minimum absolute atomic E-state index is 0.0364. The van der Waals surface area contributed by atoms with Gasteiger partial charge in [-0.25, -0.2) is 0 Å². The van der Waals surface area contributed by atoms with Crippen LogP contribution in [-0.4, -0.2) is 9.91 Å². The van der Waals surface area contributed by atoms with Crippen molar-refractivity contribution in [1.82, 2.24) is 4.98 Å². The van der Waals surface area contributed by atoms with E-state index in [0.29, 0.717) is 10.7 Å². The molecule has 3 rings (SSSR count). The number of anilines is 1. The molecule has 6 heteroatoms. The van der Waals surface area contributed by atoms with E-state index >= 15 is 0 Å². The summed E-state index contributed by atoms with van der Waals surface area (Å²) in [6.45, 7) is 0. The Balaban J connectivity index is 1.97. The van der Waals surface area contributed by atoms with Crippen LogP contribution in [0.5, 0.6) is 0 Å². The molecular weight excluding hydrogens is 326 g/mol. The number of nitro groups is 1. The number of nitrogens with one attached hydrogen (secondary N) is 1. The Morgan fingerprint density at radius 1 is 1.00 bits per heavy atom. The molecule has 0 aliphatic rings. The van der Waals surface area contributed by atoms with Crippen molar-refractivity contribution in [3.8, 4) is 0 Å². The van der Waals surface area contributed by atoms with Crippen LogP contribution in [0.4, 0.5) is 11.4 Å². The van der Waals surface area contributed by atoms with Gasteiger partial charge in [0, 0.05) is 24.5 Å². The molecule has 1 atom stereocenters. The third-order valence-electron chi connectivity index (χ3n) is 3.64. The molecule has 0 fully saturated rings. The van der Waals surface area contributed by atoms with Crippen LogP contribution in [0.3, 0.4) is 0 Å². The predicted molar refractivity (Wildman–Crippen MR) is 94.3 cm³/mol. The van der Waals surface area contributed by atoms with Crippen molar-refractivity contribution < 1.29 is 4.92 Å². The zero-order valence-electron chi connectivity index (χ0n) is 12.6. The fourth-order valence-electron chi connectivity index (χ4n) is 2.45. The molecule has 1 N–H and O–H groups in total. The van der Waals surface area contributed by atoms with Crippen molar-refractivity contribution in [3.05, 3.63) is 99.3 Å². The highest BCUT2D eigenvalue weighted by Crippen LogP contribution is 2.32. The maximum atomic E-state index is 10.8. The van der Waals surface area contributed by atoms with Crippen LogP contribution in [0.15, 0.2) is 73.1 Å². The molecule has 0 unspecified atom stereocenters. The minimum atomic E-state index is -0.465. The van der Waals surface area contributed by atoms with Gasteiger partial charge in [0.05, 0.1) is 21.7 Å². The maximum absolute atomic E-state index is 10.8. The molecule has 0 aliphatic heterocycles. The van der Waals surface area contributed by atoms with Gasteiger partial charge in [-0.3, -0.25) is 15.1 Å². The number of rotatable bonds is 5. The zero-order chi connectivity index (χ0) is 16.9. The number of hydrogen-bond donors (Lipinski definition) is 1. The molecule has 0 amide bonds. The lowest BCUT2D eigenvalue weighted by Crippen LogP contribution is -2.12. The molecule has 2 aromatic carbocycles. The van der Waals surface area contributed by atoms with Crippen molar-refractivity contribution in [1.29, 1.82) is 0 Å². The molecular formula is C18H14ClN3O2. The molecule has 24 heavy (non-hydrogen) atoms. The first-order chi connectivity index (χ1) is 11.6. The van der Waals surface area contributed by atoms with Gasteiger partial charge >= 0.3 is 0 Å². The predicted octanol–water partition coefficient (Wildman–Crippen LogP) is 4.84. The van der Waals surface area contributed by atoms with E-state index in [1.807, 2.05) is 42.5 Å². The molecule has 0 aliphatic carbocycles. The Morgan fingerprint density at radius 2 is 1.67 bits per heavy atom. The van der Waals surface area contributed by atoms with Gasteiger partial charge in [-0.2, -0.15) is 0 Å². The average molecular weight is 340 g/mol. The van der Waals surface area contributed by atoms with Crippen LogP contribution >= 0.6 is 11.6 Å². The fraction of sp³-hybridized carbons (Fsp3) is 0.0556. The highest BCUT2D eigenvalue weighted by atomic mass is 35.5. The molecule has 3 aromatic rings. The number of halogens is 1. The first-order valence-electron chi connectivity index (χ1n) is 7.30. The third-order valence-corrected chi connectivity index (χ3v) is 3.95. The summed E-state index contributed by atoms with van der Waals surface area (Å²) in [7, 11) is 0. The molecule has 1 aromatic heterocycles. The number of pyridine rings is 1. The zero-order valence-corrected chi connectivity index (χ0v) is 13.4. The van der Waals surface area contributed by atoms with Crippen LogP contribution < -0.4 is 5.32 Å². The summed E-state index contributed by atoms with van der Waals surface area (Å²) >= 11 is 6.21. The molecule has 0 saturated heterocycles. The highest BCUT2D eigenvalue weighted by molar-refractivity contribution is 6.33. The van der Waals surface area contributed by atoms with E-state index in [0.717, 1.165) is 11.1 Å². The standard InChI is InChI=1S/C18H14ClN3O2/c19-16-12-15(22(23)24)6-7-17(16)21-18(13-4-2-1-3-5-13)14-8-10-20-11-9-14/h1-12,18,21H/t18-/m0/s1. The van der Waals surface area contributed by atoms with Crippen molar-refractivity contribution in [3.63, 3.8) is 0 Å². The molecule has 0 radical (unpaired) electrons. The second kappa shape index (κ2) is 7.10. The van der Waals surface area contributed by atoms with E-state index in [9.17, 15) is 10.1 Å². The molecule has 0 bridgehead atoms. The first kappa shape index (κ1) is 16.0. The lowest BCUT2D eigenvalue weighted by atomic mass is 9.99. The second-order valence-electron chi connectivity index (χ2n) is 5.19. The maximum Gasteiger partial charge on any atom is 0.271 e. The van der Waals surface area contributed by atoms with Crippen molar-refractivity contribution in [2.45, 2.75) is 6.04 Å². The largest absolute Gasteiger partial charge is 0.373 e. The Bertz CT molecular complexity index is 802. The summed E-state index contributed by atoms with van der Waals surface area (Å²) in [5, 5.41) is 14.5. The van der Waals surface area contributed by atoms with E-state index in [2.05, 4.69) is 10.3 Å². The van der Waals surface area contributed by atoms with E-state index < -0.39 is 4.92 Å².